The third kappa shape index (κ3) is 4.26. The summed E-state index contributed by atoms with van der Waals surface area (Å²) in [4.78, 5) is 0. The summed E-state index contributed by atoms with van der Waals surface area (Å²) in [6.07, 6.45) is 3.53. The number of nitriles is 1. The van der Waals surface area contributed by atoms with Crippen LogP contribution in [0.15, 0.2) is 54.6 Å². The van der Waals surface area contributed by atoms with E-state index < -0.39 is 0 Å². The highest BCUT2D eigenvalue weighted by Gasteiger charge is 2.54. The summed E-state index contributed by atoms with van der Waals surface area (Å²) in [7, 11) is 1.62. The Bertz CT molecular complexity index is 1340. The second kappa shape index (κ2) is 9.13. The molecule has 5 heteroatoms. The minimum Gasteiger partial charge on any atom is -0.489 e. The van der Waals surface area contributed by atoms with E-state index in [4.69, 9.17) is 18.9 Å². The van der Waals surface area contributed by atoms with E-state index >= 15 is 0 Å². The maximum Gasteiger partial charge on any atom is 0.188 e. The molecule has 0 radical (unpaired) electrons. The van der Waals surface area contributed by atoms with E-state index in [2.05, 4.69) is 57.2 Å². The van der Waals surface area contributed by atoms with Gasteiger partial charge in [0.15, 0.2) is 6.79 Å². The Morgan fingerprint density at radius 2 is 1.74 bits per heavy atom. The maximum absolute atomic E-state index is 9.17. The molecule has 3 aromatic rings. The molecule has 0 aromatic heterocycles. The number of rotatable bonds is 7. The maximum atomic E-state index is 9.17. The molecule has 1 fully saturated rings. The molecule has 35 heavy (non-hydrogen) atoms. The fourth-order valence-electron chi connectivity index (χ4n) is 5.00. The van der Waals surface area contributed by atoms with E-state index in [0.29, 0.717) is 6.61 Å². The van der Waals surface area contributed by atoms with Gasteiger partial charge >= 0.3 is 0 Å². The van der Waals surface area contributed by atoms with Gasteiger partial charge in [0.25, 0.3) is 0 Å². The lowest BCUT2D eigenvalue weighted by molar-refractivity contribution is 0.0511. The third-order valence-electron chi connectivity index (χ3n) is 6.91. The number of ether oxygens (including phenoxy) is 4. The Hall–Kier alpha value is -3.75. The van der Waals surface area contributed by atoms with Crippen molar-refractivity contribution in [3.8, 4) is 34.4 Å². The van der Waals surface area contributed by atoms with Crippen LogP contribution in [0.1, 0.15) is 40.7 Å². The van der Waals surface area contributed by atoms with Crippen molar-refractivity contribution in [2.24, 2.45) is 0 Å². The van der Waals surface area contributed by atoms with E-state index in [1.54, 1.807) is 13.2 Å². The Kier molecular flexibility index (Phi) is 6.00. The second-order valence-corrected chi connectivity index (χ2v) is 9.30. The first-order valence-corrected chi connectivity index (χ1v) is 11.8. The van der Waals surface area contributed by atoms with Gasteiger partial charge in [0, 0.05) is 30.4 Å². The topological polar surface area (TPSA) is 60.7 Å². The van der Waals surface area contributed by atoms with Crippen molar-refractivity contribution < 1.29 is 18.9 Å². The highest BCUT2D eigenvalue weighted by atomic mass is 16.7. The van der Waals surface area contributed by atoms with Gasteiger partial charge < -0.3 is 18.9 Å². The summed E-state index contributed by atoms with van der Waals surface area (Å²) in [6, 6.07) is 18.5. The Morgan fingerprint density at radius 3 is 2.43 bits per heavy atom. The molecule has 1 spiro atoms. The zero-order chi connectivity index (χ0) is 24.6. The highest BCUT2D eigenvalue weighted by molar-refractivity contribution is 5.84. The van der Waals surface area contributed by atoms with E-state index in [1.165, 1.54) is 16.7 Å². The van der Waals surface area contributed by atoms with Crippen LogP contribution < -0.4 is 14.2 Å². The van der Waals surface area contributed by atoms with E-state index in [9.17, 15) is 5.26 Å². The lowest BCUT2D eigenvalue weighted by Gasteiger charge is -2.18. The van der Waals surface area contributed by atoms with Crippen molar-refractivity contribution in [1.29, 1.82) is 5.26 Å². The van der Waals surface area contributed by atoms with Crippen LogP contribution in [-0.2, 0) is 11.3 Å². The molecule has 0 bridgehead atoms. The number of methoxy groups -OCH3 is 1. The quantitative estimate of drug-likeness (QED) is 0.287. The van der Waals surface area contributed by atoms with Crippen LogP contribution in [-0.4, -0.2) is 19.5 Å². The van der Waals surface area contributed by atoms with Gasteiger partial charge in [-0.2, -0.15) is 5.26 Å². The minimum atomic E-state index is -0.290. The van der Waals surface area contributed by atoms with Crippen molar-refractivity contribution in [3.63, 3.8) is 0 Å². The molecule has 0 saturated heterocycles. The molecule has 1 aliphatic heterocycles. The SMILES string of the molecule is COCOc1cc(C)c(-c2cccc(COc3ccc4c(c3)OC3(CC3)/C4=C\C#N)c2C)c(C)c1. The molecule has 0 atom stereocenters. The largest absolute Gasteiger partial charge is 0.489 e. The fourth-order valence-corrected chi connectivity index (χ4v) is 5.00. The monoisotopic (exact) mass is 467 g/mol. The normalized spacial score (nSPS) is 16.0. The number of hydrogen-bond donors (Lipinski definition) is 0. The molecule has 3 aromatic carbocycles. The Balaban J connectivity index is 1.37. The van der Waals surface area contributed by atoms with Crippen LogP contribution in [0.5, 0.6) is 17.2 Å². The van der Waals surface area contributed by atoms with E-state index in [-0.39, 0.29) is 12.4 Å². The molecule has 178 valence electrons. The first-order chi connectivity index (χ1) is 17.0. The molecule has 2 aliphatic rings. The van der Waals surface area contributed by atoms with Crippen molar-refractivity contribution in [2.75, 3.05) is 13.9 Å². The van der Waals surface area contributed by atoms with Gasteiger partial charge in [-0.15, -0.1) is 0 Å². The second-order valence-electron chi connectivity index (χ2n) is 9.30. The summed E-state index contributed by atoms with van der Waals surface area (Å²) >= 11 is 0. The molecule has 0 unspecified atom stereocenters. The van der Waals surface area contributed by atoms with Gasteiger partial charge in [-0.3, -0.25) is 0 Å². The molecular formula is C30H29NO4. The molecular weight excluding hydrogens is 438 g/mol. The Morgan fingerprint density at radius 1 is 0.971 bits per heavy atom. The number of nitrogens with zero attached hydrogens (tertiary/aromatic N) is 1. The summed E-state index contributed by atoms with van der Waals surface area (Å²) < 4.78 is 23.1. The van der Waals surface area contributed by atoms with Gasteiger partial charge in [0.1, 0.15) is 29.5 Å². The van der Waals surface area contributed by atoms with Crippen molar-refractivity contribution in [1.82, 2.24) is 0 Å². The fraction of sp³-hybridized carbons (Fsp3) is 0.300. The summed E-state index contributed by atoms with van der Waals surface area (Å²) in [5.41, 5.74) is 8.75. The predicted octanol–water partition coefficient (Wildman–Crippen LogP) is 6.67. The summed E-state index contributed by atoms with van der Waals surface area (Å²) in [6.45, 7) is 7.05. The predicted molar refractivity (Wildman–Crippen MR) is 136 cm³/mol. The van der Waals surface area contributed by atoms with Crippen molar-refractivity contribution in [2.45, 2.75) is 45.8 Å². The molecule has 5 nitrogen and oxygen atoms in total. The first-order valence-electron chi connectivity index (χ1n) is 11.8. The van der Waals surface area contributed by atoms with Gasteiger partial charge in [-0.1, -0.05) is 18.2 Å². The van der Waals surface area contributed by atoms with Crippen LogP contribution >= 0.6 is 0 Å². The zero-order valence-electron chi connectivity index (χ0n) is 20.6. The average Bonchev–Trinajstić information content (AvgIpc) is 3.54. The highest BCUT2D eigenvalue weighted by Crippen LogP contribution is 2.57. The van der Waals surface area contributed by atoms with Crippen LogP contribution in [0.4, 0.5) is 0 Å². The van der Waals surface area contributed by atoms with Crippen LogP contribution in [0, 0.1) is 32.1 Å². The number of hydrogen-bond acceptors (Lipinski definition) is 5. The van der Waals surface area contributed by atoms with Crippen LogP contribution in [0.3, 0.4) is 0 Å². The van der Waals surface area contributed by atoms with Crippen LogP contribution in [0.2, 0.25) is 0 Å². The molecule has 1 heterocycles. The standard InChI is InChI=1S/C30H29NO4/c1-19-14-24(34-18-32-4)15-20(2)29(19)25-7-5-6-22(21(25)3)17-33-23-8-9-26-27(10-13-31)30(11-12-30)35-28(26)16-23/h5-10,14-16H,11-12,17-18H2,1-4H3/b27-10-. The van der Waals surface area contributed by atoms with E-state index in [0.717, 1.165) is 57.9 Å². The molecule has 1 aliphatic carbocycles. The zero-order valence-corrected chi connectivity index (χ0v) is 20.6. The lowest BCUT2D eigenvalue weighted by atomic mass is 9.90. The Labute approximate surface area is 206 Å². The molecule has 0 amide bonds. The van der Waals surface area contributed by atoms with Crippen molar-refractivity contribution in [3.05, 3.63) is 82.4 Å². The number of allylic oxidation sites excluding steroid dienone is 1. The van der Waals surface area contributed by atoms with Gasteiger partial charge in [-0.25, -0.2) is 0 Å². The summed E-state index contributed by atoms with van der Waals surface area (Å²) in [5.74, 6) is 2.37. The minimum absolute atomic E-state index is 0.231. The molecule has 1 saturated carbocycles. The molecule has 5 rings (SSSR count). The molecule has 0 N–H and O–H groups in total. The number of benzene rings is 3. The van der Waals surface area contributed by atoms with Crippen LogP contribution in [0.25, 0.3) is 16.7 Å². The van der Waals surface area contributed by atoms with Crippen molar-refractivity contribution >= 4 is 5.57 Å². The lowest BCUT2D eigenvalue weighted by Crippen LogP contribution is -2.12. The first kappa shape index (κ1) is 23.0. The van der Waals surface area contributed by atoms with Gasteiger partial charge in [0.05, 0.1) is 6.07 Å². The average molecular weight is 468 g/mol. The smallest absolute Gasteiger partial charge is 0.188 e. The summed E-state index contributed by atoms with van der Waals surface area (Å²) in [5, 5.41) is 9.17. The third-order valence-corrected chi connectivity index (χ3v) is 6.91. The van der Waals surface area contributed by atoms with Gasteiger partial charge in [-0.05, 0) is 91.3 Å². The number of fused-ring (bicyclic) bond motifs is 1. The van der Waals surface area contributed by atoms with E-state index in [1.807, 2.05) is 18.2 Å². The number of aryl methyl sites for hydroxylation is 2. The van der Waals surface area contributed by atoms with Gasteiger partial charge in [0.2, 0.25) is 0 Å².